The number of halogens is 2. The molecule has 0 aromatic heterocycles. The van der Waals surface area contributed by atoms with Crippen LogP contribution in [0.25, 0.3) is 0 Å². The van der Waals surface area contributed by atoms with Crippen molar-refractivity contribution in [2.75, 3.05) is 17.1 Å². The SMILES string of the molecule is COc1cc(NC(=O)[C@H]2CCCC[C@H]2O)ccc1S(=O)(=O)Nc1cccc(OC(C)(F)F)c1. The molecule has 180 valence electrons. The summed E-state index contributed by atoms with van der Waals surface area (Å²) in [5.41, 5.74) is 0.330. The molecule has 2 aromatic rings. The van der Waals surface area contributed by atoms with E-state index in [2.05, 4.69) is 14.8 Å². The van der Waals surface area contributed by atoms with Crippen LogP contribution in [0.3, 0.4) is 0 Å². The zero-order valence-corrected chi connectivity index (χ0v) is 19.0. The number of rotatable bonds is 8. The summed E-state index contributed by atoms with van der Waals surface area (Å²) < 4.78 is 64.0. The number of hydrogen-bond donors (Lipinski definition) is 3. The van der Waals surface area contributed by atoms with Crippen molar-refractivity contribution in [2.24, 2.45) is 5.92 Å². The van der Waals surface area contributed by atoms with Gasteiger partial charge in [0, 0.05) is 24.7 Å². The van der Waals surface area contributed by atoms with Gasteiger partial charge in [-0.3, -0.25) is 9.52 Å². The molecular weight excluding hydrogens is 458 g/mol. The number of aliphatic hydroxyl groups excluding tert-OH is 1. The van der Waals surface area contributed by atoms with Gasteiger partial charge in [-0.1, -0.05) is 18.9 Å². The molecule has 0 radical (unpaired) electrons. The number of amides is 1. The molecule has 1 aliphatic rings. The van der Waals surface area contributed by atoms with Crippen molar-refractivity contribution in [1.82, 2.24) is 0 Å². The van der Waals surface area contributed by atoms with Crippen LogP contribution < -0.4 is 19.5 Å². The summed E-state index contributed by atoms with van der Waals surface area (Å²) in [6.45, 7) is 0.573. The van der Waals surface area contributed by atoms with Crippen LogP contribution in [-0.2, 0) is 14.8 Å². The van der Waals surface area contributed by atoms with Crippen LogP contribution in [0.1, 0.15) is 32.6 Å². The standard InChI is InChI=1S/C22H26F2N2O6S/c1-22(23,24)32-16-7-5-6-15(12-16)26-33(29,30)20-11-10-14(13-19(20)31-2)25-21(28)17-8-3-4-9-18(17)27/h5-7,10-13,17-18,26-27H,3-4,8-9H2,1-2H3,(H,25,28)/t17-,18+/m0/s1. The number of ether oxygens (including phenoxy) is 2. The molecule has 0 heterocycles. The molecule has 1 aliphatic carbocycles. The number of sulfonamides is 1. The average molecular weight is 485 g/mol. The first kappa shape index (κ1) is 24.7. The van der Waals surface area contributed by atoms with E-state index in [-0.39, 0.29) is 28.0 Å². The Hall–Kier alpha value is -2.92. The van der Waals surface area contributed by atoms with Crippen LogP contribution in [0.5, 0.6) is 11.5 Å². The fourth-order valence-electron chi connectivity index (χ4n) is 3.66. The summed E-state index contributed by atoms with van der Waals surface area (Å²) in [7, 11) is -2.88. The van der Waals surface area contributed by atoms with Crippen molar-refractivity contribution in [3.8, 4) is 11.5 Å². The molecule has 3 N–H and O–H groups in total. The zero-order chi connectivity index (χ0) is 24.2. The highest BCUT2D eigenvalue weighted by molar-refractivity contribution is 7.92. The van der Waals surface area contributed by atoms with Crippen LogP contribution >= 0.6 is 0 Å². The highest BCUT2D eigenvalue weighted by Crippen LogP contribution is 2.31. The Balaban J connectivity index is 1.78. The van der Waals surface area contributed by atoms with Crippen LogP contribution in [0, 0.1) is 5.92 Å². The van der Waals surface area contributed by atoms with Gasteiger partial charge in [0.05, 0.1) is 24.8 Å². The number of carbonyl (C=O) groups excluding carboxylic acids is 1. The van der Waals surface area contributed by atoms with Gasteiger partial charge >= 0.3 is 6.11 Å². The second-order valence-corrected chi connectivity index (χ2v) is 9.51. The maximum absolute atomic E-state index is 13.1. The fourth-order valence-corrected chi connectivity index (χ4v) is 4.86. The number of anilines is 2. The third-order valence-electron chi connectivity index (χ3n) is 5.17. The second kappa shape index (κ2) is 9.92. The summed E-state index contributed by atoms with van der Waals surface area (Å²) >= 11 is 0. The van der Waals surface area contributed by atoms with Crippen molar-refractivity contribution in [1.29, 1.82) is 0 Å². The van der Waals surface area contributed by atoms with Gasteiger partial charge in [0.1, 0.15) is 16.4 Å². The molecule has 0 unspecified atom stereocenters. The second-order valence-electron chi connectivity index (χ2n) is 7.86. The maximum Gasteiger partial charge on any atom is 0.394 e. The Labute approximate surface area is 191 Å². The Morgan fingerprint density at radius 2 is 1.85 bits per heavy atom. The number of carbonyl (C=O) groups is 1. The zero-order valence-electron chi connectivity index (χ0n) is 18.2. The van der Waals surface area contributed by atoms with E-state index in [9.17, 15) is 27.1 Å². The minimum absolute atomic E-state index is 0.0162. The summed E-state index contributed by atoms with van der Waals surface area (Å²) in [4.78, 5) is 12.3. The Kier molecular flexibility index (Phi) is 7.43. The predicted molar refractivity (Wildman–Crippen MR) is 118 cm³/mol. The molecule has 1 fully saturated rings. The first-order chi connectivity index (χ1) is 15.5. The van der Waals surface area contributed by atoms with Gasteiger partial charge in [0.25, 0.3) is 10.0 Å². The van der Waals surface area contributed by atoms with Gasteiger partial charge in [-0.25, -0.2) is 8.42 Å². The first-order valence-electron chi connectivity index (χ1n) is 10.4. The minimum Gasteiger partial charge on any atom is -0.495 e. The number of alkyl halides is 2. The van der Waals surface area contributed by atoms with Gasteiger partial charge in [-0.05, 0) is 37.1 Å². The molecule has 8 nitrogen and oxygen atoms in total. The summed E-state index contributed by atoms with van der Waals surface area (Å²) in [5, 5.41) is 12.8. The lowest BCUT2D eigenvalue weighted by Gasteiger charge is -2.26. The quantitative estimate of drug-likeness (QED) is 0.522. The van der Waals surface area contributed by atoms with E-state index in [1.807, 2.05) is 0 Å². The highest BCUT2D eigenvalue weighted by Gasteiger charge is 2.30. The van der Waals surface area contributed by atoms with E-state index in [1.54, 1.807) is 0 Å². The van der Waals surface area contributed by atoms with Gasteiger partial charge in [-0.2, -0.15) is 8.78 Å². The molecule has 11 heteroatoms. The minimum atomic E-state index is -4.16. The molecule has 1 saturated carbocycles. The summed E-state index contributed by atoms with van der Waals surface area (Å²) in [6.07, 6.45) is -1.27. The molecule has 33 heavy (non-hydrogen) atoms. The van der Waals surface area contributed by atoms with E-state index in [1.165, 1.54) is 43.5 Å². The van der Waals surface area contributed by atoms with E-state index >= 15 is 0 Å². The summed E-state index contributed by atoms with van der Waals surface area (Å²) in [6, 6.07) is 9.18. The van der Waals surface area contributed by atoms with Crippen molar-refractivity contribution in [2.45, 2.75) is 49.7 Å². The van der Waals surface area contributed by atoms with Crippen LogP contribution in [0.15, 0.2) is 47.4 Å². The number of methoxy groups -OCH3 is 1. The Bertz CT molecular complexity index is 1100. The number of nitrogens with one attached hydrogen (secondary N) is 2. The molecule has 3 rings (SSSR count). The van der Waals surface area contributed by atoms with E-state index in [0.29, 0.717) is 25.5 Å². The first-order valence-corrected chi connectivity index (χ1v) is 11.8. The molecular formula is C22H26F2N2O6S. The van der Waals surface area contributed by atoms with Crippen molar-refractivity contribution in [3.05, 3.63) is 42.5 Å². The third kappa shape index (κ3) is 6.55. The smallest absolute Gasteiger partial charge is 0.394 e. The highest BCUT2D eigenvalue weighted by atomic mass is 32.2. The summed E-state index contributed by atoms with van der Waals surface area (Å²) in [5.74, 6) is -1.11. The van der Waals surface area contributed by atoms with Crippen molar-refractivity contribution < 1.29 is 36.6 Å². The molecule has 0 bridgehead atoms. The van der Waals surface area contributed by atoms with Gasteiger partial charge in [0.2, 0.25) is 5.91 Å². The molecule has 0 aliphatic heterocycles. The monoisotopic (exact) mass is 484 g/mol. The van der Waals surface area contributed by atoms with E-state index < -0.39 is 28.2 Å². The molecule has 0 spiro atoms. The number of aliphatic hydroxyl groups is 1. The molecule has 1 amide bonds. The normalized spacial score (nSPS) is 18.9. The number of benzene rings is 2. The molecule has 2 aromatic carbocycles. The molecule has 0 saturated heterocycles. The lowest BCUT2D eigenvalue weighted by atomic mass is 9.86. The van der Waals surface area contributed by atoms with E-state index in [4.69, 9.17) is 4.74 Å². The fraction of sp³-hybridized carbons (Fsp3) is 0.409. The van der Waals surface area contributed by atoms with Gasteiger partial charge < -0.3 is 19.9 Å². The lowest BCUT2D eigenvalue weighted by molar-refractivity contribution is -0.158. The largest absolute Gasteiger partial charge is 0.495 e. The third-order valence-corrected chi connectivity index (χ3v) is 6.59. The van der Waals surface area contributed by atoms with Gasteiger partial charge in [-0.15, -0.1) is 0 Å². The van der Waals surface area contributed by atoms with Crippen molar-refractivity contribution in [3.63, 3.8) is 0 Å². The van der Waals surface area contributed by atoms with E-state index in [0.717, 1.165) is 18.9 Å². The van der Waals surface area contributed by atoms with Gasteiger partial charge in [0.15, 0.2) is 0 Å². The maximum atomic E-state index is 13.1. The Morgan fingerprint density at radius 3 is 2.52 bits per heavy atom. The lowest BCUT2D eigenvalue weighted by Crippen LogP contribution is -2.35. The Morgan fingerprint density at radius 1 is 1.12 bits per heavy atom. The van der Waals surface area contributed by atoms with Crippen LogP contribution in [-0.4, -0.2) is 38.8 Å². The van der Waals surface area contributed by atoms with Crippen LogP contribution in [0.2, 0.25) is 0 Å². The van der Waals surface area contributed by atoms with Crippen molar-refractivity contribution >= 4 is 27.3 Å². The number of hydrogen-bond acceptors (Lipinski definition) is 6. The topological polar surface area (TPSA) is 114 Å². The average Bonchev–Trinajstić information content (AvgIpc) is 2.72. The predicted octanol–water partition coefficient (Wildman–Crippen LogP) is 3.98. The van der Waals surface area contributed by atoms with Crippen LogP contribution in [0.4, 0.5) is 20.2 Å². The molecule has 2 atom stereocenters.